The topological polar surface area (TPSA) is 28.1 Å². The molecule has 2 nitrogen and oxygen atoms in total. The molecule has 1 N–H and O–H groups in total. The average molecular weight is 282 g/mol. The van der Waals surface area contributed by atoms with Crippen LogP contribution < -0.4 is 0 Å². The van der Waals surface area contributed by atoms with Crippen LogP contribution in [-0.2, 0) is 12.8 Å². The summed E-state index contributed by atoms with van der Waals surface area (Å²) in [5.74, 6) is -0.489. The molecular formula is C17H12F2N2. The number of benzene rings is 2. The summed E-state index contributed by atoms with van der Waals surface area (Å²) in [4.78, 5) is 7.51. The number of hydrogen-bond acceptors (Lipinski definition) is 1. The highest BCUT2D eigenvalue weighted by Crippen LogP contribution is 2.29. The van der Waals surface area contributed by atoms with Gasteiger partial charge in [0.2, 0.25) is 0 Å². The van der Waals surface area contributed by atoms with Crippen LogP contribution in [0, 0.1) is 11.6 Å². The van der Waals surface area contributed by atoms with Gasteiger partial charge in [0.1, 0.15) is 11.6 Å². The van der Waals surface area contributed by atoms with Crippen LogP contribution in [-0.4, -0.2) is 10.7 Å². The zero-order valence-electron chi connectivity index (χ0n) is 11.2. The zero-order chi connectivity index (χ0) is 14.4. The Hall–Kier alpha value is -2.49. The van der Waals surface area contributed by atoms with E-state index < -0.39 is 0 Å². The number of H-pyrrole nitrogens is 1. The van der Waals surface area contributed by atoms with E-state index in [1.807, 2.05) is 12.3 Å². The van der Waals surface area contributed by atoms with Crippen molar-refractivity contribution in [3.05, 3.63) is 65.4 Å². The van der Waals surface area contributed by atoms with Crippen molar-refractivity contribution in [2.45, 2.75) is 12.8 Å². The standard InChI is InChI=1S/C17H12F2N2/c18-12-4-5-16-10(6-12)7-13(21-16)8-11-9-20-17-14(11)2-1-3-15(17)19/h1-6,9,20H,7-8H2. The normalized spacial score (nSPS) is 13.5. The number of rotatable bonds is 2. The van der Waals surface area contributed by atoms with Crippen molar-refractivity contribution >= 4 is 22.3 Å². The molecule has 4 rings (SSSR count). The molecule has 0 bridgehead atoms. The highest BCUT2D eigenvalue weighted by Gasteiger charge is 2.17. The molecule has 0 saturated heterocycles. The van der Waals surface area contributed by atoms with Crippen molar-refractivity contribution < 1.29 is 8.78 Å². The van der Waals surface area contributed by atoms with Gasteiger partial charge in [-0.3, -0.25) is 4.99 Å². The number of para-hydroxylation sites is 1. The number of halogens is 2. The van der Waals surface area contributed by atoms with Gasteiger partial charge in [-0.2, -0.15) is 0 Å². The van der Waals surface area contributed by atoms with Crippen LogP contribution in [0.4, 0.5) is 14.5 Å². The van der Waals surface area contributed by atoms with Gasteiger partial charge in [0, 0.05) is 30.1 Å². The highest BCUT2D eigenvalue weighted by molar-refractivity contribution is 5.98. The van der Waals surface area contributed by atoms with Gasteiger partial charge in [0.25, 0.3) is 0 Å². The molecule has 21 heavy (non-hydrogen) atoms. The first kappa shape index (κ1) is 12.3. The minimum atomic E-state index is -0.252. The van der Waals surface area contributed by atoms with Crippen molar-refractivity contribution in [3.8, 4) is 0 Å². The number of nitrogens with one attached hydrogen (secondary N) is 1. The SMILES string of the molecule is Fc1ccc2c(c1)CC(Cc1c[nH]c3c(F)cccc13)=N2. The molecule has 0 amide bonds. The summed E-state index contributed by atoms with van der Waals surface area (Å²) in [7, 11) is 0. The van der Waals surface area contributed by atoms with Crippen LogP contribution in [0.15, 0.2) is 47.6 Å². The Labute approximate surface area is 120 Å². The fraction of sp³-hybridized carbons (Fsp3) is 0.118. The number of nitrogens with zero attached hydrogens (tertiary/aromatic N) is 1. The Balaban J connectivity index is 1.67. The lowest BCUT2D eigenvalue weighted by Gasteiger charge is -1.99. The van der Waals surface area contributed by atoms with Crippen LogP contribution in [0.1, 0.15) is 11.1 Å². The lowest BCUT2D eigenvalue weighted by molar-refractivity contribution is 0.626. The smallest absolute Gasteiger partial charge is 0.147 e. The highest BCUT2D eigenvalue weighted by atomic mass is 19.1. The minimum Gasteiger partial charge on any atom is -0.359 e. The first-order valence-electron chi connectivity index (χ1n) is 6.80. The molecule has 2 aromatic carbocycles. The van der Waals surface area contributed by atoms with Gasteiger partial charge in [-0.1, -0.05) is 12.1 Å². The Morgan fingerprint density at radius 2 is 2.05 bits per heavy atom. The van der Waals surface area contributed by atoms with E-state index >= 15 is 0 Å². The van der Waals surface area contributed by atoms with E-state index in [-0.39, 0.29) is 11.6 Å². The molecular weight excluding hydrogens is 270 g/mol. The van der Waals surface area contributed by atoms with Crippen LogP contribution in [0.5, 0.6) is 0 Å². The molecule has 2 heterocycles. The van der Waals surface area contributed by atoms with Gasteiger partial charge < -0.3 is 4.98 Å². The number of hydrogen-bond donors (Lipinski definition) is 1. The first-order valence-corrected chi connectivity index (χ1v) is 6.80. The third-order valence-electron chi connectivity index (χ3n) is 3.86. The number of aromatic nitrogens is 1. The first-order chi connectivity index (χ1) is 10.2. The average Bonchev–Trinajstić information content (AvgIpc) is 3.04. The Bertz CT molecular complexity index is 878. The van der Waals surface area contributed by atoms with Crippen LogP contribution in [0.2, 0.25) is 0 Å². The molecule has 104 valence electrons. The molecule has 0 unspecified atom stereocenters. The van der Waals surface area contributed by atoms with E-state index in [0.717, 1.165) is 27.9 Å². The van der Waals surface area contributed by atoms with E-state index in [9.17, 15) is 8.78 Å². The summed E-state index contributed by atoms with van der Waals surface area (Å²) in [6.07, 6.45) is 3.11. The van der Waals surface area contributed by atoms with E-state index in [2.05, 4.69) is 9.98 Å². The van der Waals surface area contributed by atoms with Crippen LogP contribution >= 0.6 is 0 Å². The summed E-state index contributed by atoms with van der Waals surface area (Å²) < 4.78 is 26.9. The quantitative estimate of drug-likeness (QED) is 0.725. The molecule has 0 spiro atoms. The molecule has 0 fully saturated rings. The molecule has 0 aliphatic carbocycles. The molecule has 1 aliphatic rings. The lowest BCUT2D eigenvalue weighted by Crippen LogP contribution is -2.02. The number of fused-ring (bicyclic) bond motifs is 2. The Morgan fingerprint density at radius 3 is 2.95 bits per heavy atom. The minimum absolute atomic E-state index is 0.237. The summed E-state index contributed by atoms with van der Waals surface area (Å²) in [5, 5.41) is 0.875. The second-order valence-corrected chi connectivity index (χ2v) is 5.28. The third kappa shape index (κ3) is 2.03. The van der Waals surface area contributed by atoms with Crippen molar-refractivity contribution in [2.24, 2.45) is 4.99 Å². The van der Waals surface area contributed by atoms with Gasteiger partial charge in [0.05, 0.1) is 11.2 Å². The molecule has 1 aliphatic heterocycles. The Morgan fingerprint density at radius 1 is 1.14 bits per heavy atom. The summed E-state index contributed by atoms with van der Waals surface area (Å²) in [5.41, 5.74) is 4.25. The third-order valence-corrected chi connectivity index (χ3v) is 3.86. The summed E-state index contributed by atoms with van der Waals surface area (Å²) in [6, 6.07) is 9.69. The van der Waals surface area contributed by atoms with Gasteiger partial charge in [-0.05, 0) is 35.4 Å². The summed E-state index contributed by atoms with van der Waals surface area (Å²) in [6.45, 7) is 0. The molecule has 0 saturated carbocycles. The maximum absolute atomic E-state index is 13.7. The summed E-state index contributed by atoms with van der Waals surface area (Å²) >= 11 is 0. The fourth-order valence-corrected chi connectivity index (χ4v) is 2.88. The monoisotopic (exact) mass is 282 g/mol. The van der Waals surface area contributed by atoms with Crippen molar-refractivity contribution in [1.29, 1.82) is 0 Å². The molecule has 3 aromatic rings. The van der Waals surface area contributed by atoms with E-state index in [1.54, 1.807) is 12.1 Å². The van der Waals surface area contributed by atoms with Crippen molar-refractivity contribution in [1.82, 2.24) is 4.98 Å². The van der Waals surface area contributed by atoms with Crippen molar-refractivity contribution in [2.75, 3.05) is 0 Å². The lowest BCUT2D eigenvalue weighted by atomic mass is 10.0. The van der Waals surface area contributed by atoms with Crippen LogP contribution in [0.25, 0.3) is 10.9 Å². The van der Waals surface area contributed by atoms with Gasteiger partial charge in [-0.25, -0.2) is 8.78 Å². The van der Waals surface area contributed by atoms with E-state index in [4.69, 9.17) is 0 Å². The van der Waals surface area contributed by atoms with Gasteiger partial charge in [-0.15, -0.1) is 0 Å². The molecule has 4 heteroatoms. The Kier molecular flexibility index (Phi) is 2.64. The predicted octanol–water partition coefficient (Wildman–Crippen LogP) is 4.32. The van der Waals surface area contributed by atoms with Gasteiger partial charge >= 0.3 is 0 Å². The zero-order valence-corrected chi connectivity index (χ0v) is 11.2. The molecule has 1 aromatic heterocycles. The molecule has 0 atom stereocenters. The van der Waals surface area contributed by atoms with E-state index in [1.165, 1.54) is 18.2 Å². The maximum Gasteiger partial charge on any atom is 0.147 e. The fourth-order valence-electron chi connectivity index (χ4n) is 2.88. The molecule has 0 radical (unpaired) electrons. The van der Waals surface area contributed by atoms with Crippen LogP contribution in [0.3, 0.4) is 0 Å². The second-order valence-electron chi connectivity index (χ2n) is 5.28. The van der Waals surface area contributed by atoms with Crippen molar-refractivity contribution in [3.63, 3.8) is 0 Å². The van der Waals surface area contributed by atoms with E-state index in [0.29, 0.717) is 18.4 Å². The maximum atomic E-state index is 13.7. The number of aromatic amines is 1. The van der Waals surface area contributed by atoms with Gasteiger partial charge in [0.15, 0.2) is 0 Å². The second kappa shape index (κ2) is 4.52. The predicted molar refractivity (Wildman–Crippen MR) is 79.2 cm³/mol. The number of aliphatic imine (C=N–C) groups is 1. The largest absolute Gasteiger partial charge is 0.359 e.